The Bertz CT molecular complexity index is 736. The number of piperidine rings is 1. The van der Waals surface area contributed by atoms with Gasteiger partial charge in [0.2, 0.25) is 0 Å². The van der Waals surface area contributed by atoms with Gasteiger partial charge in [-0.2, -0.15) is 0 Å². The monoisotopic (exact) mass is 360 g/mol. The molecule has 6 heteroatoms. The molecule has 1 aromatic heterocycles. The zero-order chi connectivity index (χ0) is 17.8. The Morgan fingerprint density at radius 2 is 2.04 bits per heavy atom. The molecule has 0 spiro atoms. The van der Waals surface area contributed by atoms with Crippen LogP contribution in [0, 0.1) is 13.8 Å². The number of benzene rings is 1. The Morgan fingerprint density at radius 1 is 1.32 bits per heavy atom. The number of nitrogens with zero attached hydrogens (tertiary/aromatic N) is 2. The van der Waals surface area contributed by atoms with Gasteiger partial charge in [0.1, 0.15) is 5.76 Å². The van der Waals surface area contributed by atoms with E-state index in [2.05, 4.69) is 36.3 Å². The fourth-order valence-electron chi connectivity index (χ4n) is 3.07. The summed E-state index contributed by atoms with van der Waals surface area (Å²) in [6, 6.07) is 8.47. The zero-order valence-electron chi connectivity index (χ0n) is 14.9. The van der Waals surface area contributed by atoms with Crippen LogP contribution in [0.4, 0.5) is 0 Å². The van der Waals surface area contributed by atoms with Gasteiger partial charge in [-0.3, -0.25) is 4.79 Å². The lowest BCUT2D eigenvalue weighted by Crippen LogP contribution is -2.39. The summed E-state index contributed by atoms with van der Waals surface area (Å²) < 4.78 is 10.4. The first kappa shape index (κ1) is 18.0. The van der Waals surface area contributed by atoms with Crippen molar-refractivity contribution in [2.24, 2.45) is 0 Å². The van der Waals surface area contributed by atoms with Gasteiger partial charge in [-0.15, -0.1) is 11.8 Å². The minimum absolute atomic E-state index is 0.0526. The lowest BCUT2D eigenvalue weighted by atomic mass is 10.1. The van der Waals surface area contributed by atoms with E-state index in [4.69, 9.17) is 9.26 Å². The van der Waals surface area contributed by atoms with Gasteiger partial charge in [0.05, 0.1) is 12.2 Å². The number of carbonyl (C=O) groups is 1. The Labute approximate surface area is 152 Å². The Balaban J connectivity index is 1.60. The van der Waals surface area contributed by atoms with Crippen LogP contribution in [-0.4, -0.2) is 41.4 Å². The van der Waals surface area contributed by atoms with E-state index in [-0.39, 0.29) is 5.91 Å². The van der Waals surface area contributed by atoms with Crippen molar-refractivity contribution in [1.29, 1.82) is 0 Å². The predicted molar refractivity (Wildman–Crippen MR) is 97.9 cm³/mol. The van der Waals surface area contributed by atoms with Crippen molar-refractivity contribution in [3.05, 3.63) is 46.8 Å². The summed E-state index contributed by atoms with van der Waals surface area (Å²) in [6.45, 7) is 5.80. The first-order valence-corrected chi connectivity index (χ1v) is 9.43. The SMILES string of the molecule is COCc1c(C(=O)N2CCC(Sc3ccccc3C)CC2)noc1C. The second kappa shape index (κ2) is 8.06. The van der Waals surface area contributed by atoms with Gasteiger partial charge in [0, 0.05) is 30.3 Å². The van der Waals surface area contributed by atoms with Crippen molar-refractivity contribution < 1.29 is 14.1 Å². The fourth-order valence-corrected chi connectivity index (χ4v) is 4.28. The van der Waals surface area contributed by atoms with Crippen molar-refractivity contribution in [2.75, 3.05) is 20.2 Å². The number of hydrogen-bond acceptors (Lipinski definition) is 5. The third-order valence-electron chi connectivity index (χ3n) is 4.59. The van der Waals surface area contributed by atoms with Crippen LogP contribution in [0.5, 0.6) is 0 Å². The summed E-state index contributed by atoms with van der Waals surface area (Å²) in [5, 5.41) is 4.50. The van der Waals surface area contributed by atoms with E-state index < -0.39 is 0 Å². The summed E-state index contributed by atoms with van der Waals surface area (Å²) in [4.78, 5) is 16.0. The number of carbonyl (C=O) groups excluding carboxylic acids is 1. The van der Waals surface area contributed by atoms with Gasteiger partial charge in [0.25, 0.3) is 5.91 Å². The average molecular weight is 360 g/mol. The van der Waals surface area contributed by atoms with E-state index in [0.717, 1.165) is 31.5 Å². The van der Waals surface area contributed by atoms with Crippen molar-refractivity contribution in [3.8, 4) is 0 Å². The van der Waals surface area contributed by atoms with E-state index in [9.17, 15) is 4.79 Å². The largest absolute Gasteiger partial charge is 0.380 e. The molecule has 0 unspecified atom stereocenters. The molecule has 5 nitrogen and oxygen atoms in total. The molecule has 0 N–H and O–H groups in total. The number of ether oxygens (including phenoxy) is 1. The topological polar surface area (TPSA) is 55.6 Å². The minimum atomic E-state index is -0.0526. The van der Waals surface area contributed by atoms with Crippen molar-refractivity contribution in [1.82, 2.24) is 10.1 Å². The molecule has 1 amide bonds. The van der Waals surface area contributed by atoms with Gasteiger partial charge in [-0.05, 0) is 38.3 Å². The van der Waals surface area contributed by atoms with E-state index >= 15 is 0 Å². The van der Waals surface area contributed by atoms with Crippen LogP contribution in [0.1, 0.15) is 40.2 Å². The van der Waals surface area contributed by atoms with Crippen molar-refractivity contribution in [3.63, 3.8) is 0 Å². The Morgan fingerprint density at radius 3 is 2.72 bits per heavy atom. The molecule has 25 heavy (non-hydrogen) atoms. The van der Waals surface area contributed by atoms with Crippen LogP contribution in [0.25, 0.3) is 0 Å². The molecule has 1 saturated heterocycles. The maximum Gasteiger partial charge on any atom is 0.276 e. The van der Waals surface area contributed by atoms with Crippen LogP contribution in [0.3, 0.4) is 0 Å². The quantitative estimate of drug-likeness (QED) is 0.811. The molecule has 1 aliphatic rings. The summed E-state index contributed by atoms with van der Waals surface area (Å²) in [5.74, 6) is 0.596. The Kier molecular flexibility index (Phi) is 5.81. The molecule has 1 aromatic carbocycles. The van der Waals surface area contributed by atoms with E-state index in [1.54, 1.807) is 7.11 Å². The number of thioether (sulfide) groups is 1. The predicted octanol–water partition coefficient (Wildman–Crippen LogP) is 3.83. The number of rotatable bonds is 5. The molecule has 0 atom stereocenters. The molecule has 0 bridgehead atoms. The number of amides is 1. The van der Waals surface area contributed by atoms with Gasteiger partial charge in [0.15, 0.2) is 5.69 Å². The highest BCUT2D eigenvalue weighted by atomic mass is 32.2. The zero-order valence-corrected chi connectivity index (χ0v) is 15.8. The third kappa shape index (κ3) is 4.07. The molecule has 0 aliphatic carbocycles. The molecule has 1 fully saturated rings. The Hall–Kier alpha value is -1.79. The smallest absolute Gasteiger partial charge is 0.276 e. The lowest BCUT2D eigenvalue weighted by Gasteiger charge is -2.31. The van der Waals surface area contributed by atoms with Gasteiger partial charge in [-0.25, -0.2) is 0 Å². The van der Waals surface area contributed by atoms with E-state index in [1.807, 2.05) is 23.6 Å². The molecule has 2 aromatic rings. The first-order chi connectivity index (χ1) is 12.1. The van der Waals surface area contributed by atoms with Gasteiger partial charge in [-0.1, -0.05) is 23.4 Å². The maximum atomic E-state index is 12.8. The highest BCUT2D eigenvalue weighted by Gasteiger charge is 2.28. The van der Waals surface area contributed by atoms with Crippen LogP contribution in [0.2, 0.25) is 0 Å². The number of aromatic nitrogens is 1. The highest BCUT2D eigenvalue weighted by molar-refractivity contribution is 8.00. The van der Waals surface area contributed by atoms with Gasteiger partial charge < -0.3 is 14.2 Å². The number of aryl methyl sites for hydroxylation is 2. The molecular weight excluding hydrogens is 336 g/mol. The molecule has 0 saturated carbocycles. The summed E-state index contributed by atoms with van der Waals surface area (Å²) >= 11 is 1.92. The van der Waals surface area contributed by atoms with Crippen molar-refractivity contribution >= 4 is 17.7 Å². The fraction of sp³-hybridized carbons (Fsp3) is 0.474. The number of likely N-dealkylation sites (tertiary alicyclic amines) is 1. The summed E-state index contributed by atoms with van der Waals surface area (Å²) in [5.41, 5.74) is 2.46. The molecule has 3 rings (SSSR count). The third-order valence-corrected chi connectivity index (χ3v) is 6.11. The molecule has 2 heterocycles. The highest BCUT2D eigenvalue weighted by Crippen LogP contribution is 2.32. The van der Waals surface area contributed by atoms with Crippen LogP contribution < -0.4 is 0 Å². The van der Waals surface area contributed by atoms with Crippen LogP contribution in [0.15, 0.2) is 33.7 Å². The van der Waals surface area contributed by atoms with E-state index in [1.165, 1.54) is 10.5 Å². The second-order valence-electron chi connectivity index (χ2n) is 6.37. The molecular formula is C19H24N2O3S. The molecule has 134 valence electrons. The molecule has 1 aliphatic heterocycles. The maximum absolute atomic E-state index is 12.8. The van der Waals surface area contributed by atoms with Crippen LogP contribution in [-0.2, 0) is 11.3 Å². The summed E-state index contributed by atoms with van der Waals surface area (Å²) in [7, 11) is 1.61. The van der Waals surface area contributed by atoms with Crippen LogP contribution >= 0.6 is 11.8 Å². The minimum Gasteiger partial charge on any atom is -0.380 e. The van der Waals surface area contributed by atoms with Gasteiger partial charge >= 0.3 is 0 Å². The first-order valence-electron chi connectivity index (χ1n) is 8.55. The van der Waals surface area contributed by atoms with Crippen molar-refractivity contribution in [2.45, 2.75) is 43.4 Å². The normalized spacial score (nSPS) is 15.6. The standard InChI is InChI=1S/C19H24N2O3S/c1-13-6-4-5-7-17(13)25-15-8-10-21(11-9-15)19(22)18-16(12-23-3)14(2)24-20-18/h4-7,15H,8-12H2,1-3H3. The van der Waals surface area contributed by atoms with E-state index in [0.29, 0.717) is 23.3 Å². The summed E-state index contributed by atoms with van der Waals surface area (Å²) in [6.07, 6.45) is 1.97. The second-order valence-corrected chi connectivity index (χ2v) is 7.72. The molecule has 0 radical (unpaired) electrons. The number of hydrogen-bond donors (Lipinski definition) is 0. The number of methoxy groups -OCH3 is 1. The lowest BCUT2D eigenvalue weighted by molar-refractivity contribution is 0.0712. The average Bonchev–Trinajstić information content (AvgIpc) is 2.98.